The van der Waals surface area contributed by atoms with Crippen LogP contribution in [0.1, 0.15) is 27.7 Å². The van der Waals surface area contributed by atoms with Crippen LogP contribution in [0.3, 0.4) is 0 Å². The number of rotatable bonds is 3. The molecule has 0 bridgehead atoms. The zero-order chi connectivity index (χ0) is 28.6. The Morgan fingerprint density at radius 1 is 0.452 bits per heavy atom. The first-order chi connectivity index (χ1) is 20.3. The molecule has 2 heterocycles. The van der Waals surface area contributed by atoms with Crippen molar-refractivity contribution < 1.29 is 13.7 Å². The average Bonchev–Trinajstić information content (AvgIpc) is 3.47. The maximum absolute atomic E-state index is 6.39. The number of fused-ring (bicyclic) bond motifs is 5. The third kappa shape index (κ3) is 3.76. The van der Waals surface area contributed by atoms with Gasteiger partial charge in [-0.3, -0.25) is 0 Å². The molecule has 0 radical (unpaired) electrons. The number of furan rings is 1. The molecule has 7 aromatic rings. The second kappa shape index (κ2) is 9.06. The van der Waals surface area contributed by atoms with Gasteiger partial charge in [-0.25, -0.2) is 0 Å². The first-order valence-electron chi connectivity index (χ1n) is 14.6. The molecule has 0 unspecified atom stereocenters. The summed E-state index contributed by atoms with van der Waals surface area (Å²) in [5.74, 6) is 0. The molecule has 42 heavy (non-hydrogen) atoms. The number of benzene rings is 6. The van der Waals surface area contributed by atoms with Crippen LogP contribution in [0.25, 0.3) is 65.7 Å². The summed E-state index contributed by atoms with van der Waals surface area (Å²) in [5.41, 5.74) is 6.81. The van der Waals surface area contributed by atoms with E-state index in [9.17, 15) is 0 Å². The molecule has 0 spiro atoms. The Morgan fingerprint density at radius 2 is 1.00 bits per heavy atom. The van der Waals surface area contributed by atoms with Crippen LogP contribution in [-0.2, 0) is 9.31 Å². The van der Waals surface area contributed by atoms with Gasteiger partial charge in [0.1, 0.15) is 11.2 Å². The van der Waals surface area contributed by atoms with E-state index in [1.54, 1.807) is 0 Å². The minimum absolute atomic E-state index is 0.392. The zero-order valence-electron chi connectivity index (χ0n) is 24.3. The minimum Gasteiger partial charge on any atom is -0.456 e. The third-order valence-electron chi connectivity index (χ3n) is 9.30. The summed E-state index contributed by atoms with van der Waals surface area (Å²) in [5, 5.41) is 7.17. The van der Waals surface area contributed by atoms with E-state index >= 15 is 0 Å². The van der Waals surface area contributed by atoms with Crippen molar-refractivity contribution in [3.8, 4) is 22.3 Å². The van der Waals surface area contributed by atoms with Crippen molar-refractivity contribution in [2.75, 3.05) is 0 Å². The minimum atomic E-state index is -0.427. The van der Waals surface area contributed by atoms with Crippen molar-refractivity contribution in [1.82, 2.24) is 0 Å². The molecule has 1 aliphatic heterocycles. The van der Waals surface area contributed by atoms with E-state index < -0.39 is 18.3 Å². The van der Waals surface area contributed by atoms with Gasteiger partial charge in [-0.2, -0.15) is 0 Å². The van der Waals surface area contributed by atoms with Gasteiger partial charge in [0.2, 0.25) is 0 Å². The van der Waals surface area contributed by atoms with E-state index in [4.69, 9.17) is 13.7 Å². The molecule has 204 valence electrons. The Hall–Kier alpha value is -4.38. The van der Waals surface area contributed by atoms with Crippen LogP contribution < -0.4 is 5.46 Å². The summed E-state index contributed by atoms with van der Waals surface area (Å²) in [6, 6.07) is 41.1. The maximum atomic E-state index is 6.39. The zero-order valence-corrected chi connectivity index (χ0v) is 24.3. The van der Waals surface area contributed by atoms with Gasteiger partial charge >= 0.3 is 7.12 Å². The van der Waals surface area contributed by atoms with E-state index in [1.807, 2.05) is 0 Å². The largest absolute Gasteiger partial charge is 0.494 e. The first kappa shape index (κ1) is 25.3. The Kier molecular flexibility index (Phi) is 5.47. The van der Waals surface area contributed by atoms with Gasteiger partial charge < -0.3 is 13.7 Å². The molecular weight excluding hydrogens is 515 g/mol. The van der Waals surface area contributed by atoms with Crippen LogP contribution in [0.5, 0.6) is 0 Å². The summed E-state index contributed by atoms with van der Waals surface area (Å²) in [6.45, 7) is 8.31. The molecule has 0 atom stereocenters. The highest BCUT2D eigenvalue weighted by Gasteiger charge is 2.51. The van der Waals surface area contributed by atoms with E-state index in [0.29, 0.717) is 0 Å². The topological polar surface area (TPSA) is 31.6 Å². The molecule has 6 aromatic carbocycles. The molecule has 0 saturated carbocycles. The molecule has 4 heteroatoms. The fourth-order valence-corrected chi connectivity index (χ4v) is 6.43. The van der Waals surface area contributed by atoms with Gasteiger partial charge in [-0.15, -0.1) is 0 Å². The Morgan fingerprint density at radius 3 is 1.60 bits per heavy atom. The maximum Gasteiger partial charge on any atom is 0.494 e. The molecule has 0 N–H and O–H groups in total. The van der Waals surface area contributed by atoms with Crippen molar-refractivity contribution in [3.63, 3.8) is 0 Å². The van der Waals surface area contributed by atoms with E-state index in [-0.39, 0.29) is 0 Å². The van der Waals surface area contributed by atoms with Gasteiger partial charge in [-0.05, 0) is 95.2 Å². The number of hydrogen-bond acceptors (Lipinski definition) is 3. The molecule has 1 aliphatic rings. The lowest BCUT2D eigenvalue weighted by molar-refractivity contribution is 0.00578. The van der Waals surface area contributed by atoms with E-state index in [2.05, 4.69) is 143 Å². The van der Waals surface area contributed by atoms with Crippen LogP contribution >= 0.6 is 0 Å². The Balaban J connectivity index is 1.32. The lowest BCUT2D eigenvalue weighted by Gasteiger charge is -2.32. The summed E-state index contributed by atoms with van der Waals surface area (Å²) in [7, 11) is -0.427. The quantitative estimate of drug-likeness (QED) is 0.163. The van der Waals surface area contributed by atoms with Crippen LogP contribution in [0.15, 0.2) is 120 Å². The average molecular weight is 546 g/mol. The molecule has 3 nitrogen and oxygen atoms in total. The monoisotopic (exact) mass is 546 g/mol. The SMILES string of the molecule is CC1(C)OB(c2ccc3c(c2)oc2ccc(-c4c5ccccc5c(-c5ccccc5)c5ccccc45)cc23)OC1(C)C. The summed E-state index contributed by atoms with van der Waals surface area (Å²) < 4.78 is 19.0. The van der Waals surface area contributed by atoms with Crippen molar-refractivity contribution in [1.29, 1.82) is 0 Å². The summed E-state index contributed by atoms with van der Waals surface area (Å²) in [4.78, 5) is 0. The first-order valence-corrected chi connectivity index (χ1v) is 14.6. The Labute approximate surface area is 245 Å². The summed E-state index contributed by atoms with van der Waals surface area (Å²) in [6.07, 6.45) is 0. The summed E-state index contributed by atoms with van der Waals surface area (Å²) >= 11 is 0. The molecular formula is C38H31BO3. The smallest absolute Gasteiger partial charge is 0.456 e. The molecule has 1 aromatic heterocycles. The van der Waals surface area contributed by atoms with E-state index in [0.717, 1.165) is 27.4 Å². The number of hydrogen-bond donors (Lipinski definition) is 0. The van der Waals surface area contributed by atoms with Crippen molar-refractivity contribution in [3.05, 3.63) is 115 Å². The van der Waals surface area contributed by atoms with Crippen LogP contribution in [0.4, 0.5) is 0 Å². The highest BCUT2D eigenvalue weighted by atomic mass is 16.7. The molecule has 1 saturated heterocycles. The van der Waals surface area contributed by atoms with E-state index in [1.165, 1.54) is 43.8 Å². The van der Waals surface area contributed by atoms with Crippen LogP contribution in [0, 0.1) is 0 Å². The molecule has 8 rings (SSSR count). The molecule has 0 aliphatic carbocycles. The van der Waals surface area contributed by atoms with Gasteiger partial charge in [-0.1, -0.05) is 97.1 Å². The fraction of sp³-hybridized carbons (Fsp3) is 0.158. The lowest BCUT2D eigenvalue weighted by Crippen LogP contribution is -2.41. The normalized spacial score (nSPS) is 16.2. The van der Waals surface area contributed by atoms with Gasteiger partial charge in [0.15, 0.2) is 0 Å². The highest BCUT2D eigenvalue weighted by Crippen LogP contribution is 2.44. The third-order valence-corrected chi connectivity index (χ3v) is 9.30. The van der Waals surface area contributed by atoms with Crippen molar-refractivity contribution >= 4 is 56.1 Å². The van der Waals surface area contributed by atoms with Crippen molar-refractivity contribution in [2.24, 2.45) is 0 Å². The molecule has 0 amide bonds. The second-order valence-electron chi connectivity index (χ2n) is 12.4. The molecule has 1 fully saturated rings. The standard InChI is InChI=1S/C38H31BO3/c1-37(2)38(3,4)42-39(41-37)26-19-20-27-32-22-25(18-21-33(32)40-34(27)23-26)36-30-16-10-8-14-28(30)35(24-12-6-5-7-13-24)29-15-9-11-17-31(29)36/h5-23H,1-4H3. The highest BCUT2D eigenvalue weighted by molar-refractivity contribution is 6.62. The van der Waals surface area contributed by atoms with Crippen LogP contribution in [0.2, 0.25) is 0 Å². The van der Waals surface area contributed by atoms with Gasteiger partial charge in [0.25, 0.3) is 0 Å². The predicted molar refractivity (Wildman–Crippen MR) is 175 cm³/mol. The fourth-order valence-electron chi connectivity index (χ4n) is 6.43. The van der Waals surface area contributed by atoms with Crippen LogP contribution in [-0.4, -0.2) is 18.3 Å². The van der Waals surface area contributed by atoms with Crippen molar-refractivity contribution in [2.45, 2.75) is 38.9 Å². The second-order valence-corrected chi connectivity index (χ2v) is 12.4. The predicted octanol–water partition coefficient (Wildman–Crippen LogP) is 9.53. The van der Waals surface area contributed by atoms with Gasteiger partial charge in [0.05, 0.1) is 11.2 Å². The Bertz CT molecular complexity index is 2080. The lowest BCUT2D eigenvalue weighted by atomic mass is 9.79. The van der Waals surface area contributed by atoms with Gasteiger partial charge in [0, 0.05) is 10.8 Å².